The molecule has 0 radical (unpaired) electrons. The van der Waals surface area contributed by atoms with Crippen molar-refractivity contribution in [3.8, 4) is 0 Å². The van der Waals surface area contributed by atoms with Gasteiger partial charge in [-0.1, -0.05) is 5.16 Å². The molecule has 15 heteroatoms. The number of anilines is 1. The van der Waals surface area contributed by atoms with E-state index < -0.39 is 48.1 Å². The maximum Gasteiger partial charge on any atom is 0.407 e. The van der Waals surface area contributed by atoms with Crippen LogP contribution in [0.1, 0.15) is 5.69 Å². The van der Waals surface area contributed by atoms with Gasteiger partial charge >= 0.3 is 12.6 Å². The SMILES string of the molecule is Nc1nc(C(=NOC(F)F)C(=O)NC2C(=O)N3C(C(=O)O)=C(CO)CS[C@H]23)cs1. The molecule has 3 heterocycles. The van der Waals surface area contributed by atoms with Crippen molar-refractivity contribution >= 4 is 51.7 Å². The number of fused-ring (bicyclic) bond motifs is 1. The molecule has 0 saturated carbocycles. The Bertz CT molecular complexity index is 920. The maximum atomic E-state index is 12.5. The molecule has 156 valence electrons. The fourth-order valence-electron chi connectivity index (χ4n) is 2.71. The lowest BCUT2D eigenvalue weighted by atomic mass is 10.0. The monoisotopic (exact) mass is 449 g/mol. The number of thiazole rings is 1. The molecule has 29 heavy (non-hydrogen) atoms. The van der Waals surface area contributed by atoms with E-state index in [1.54, 1.807) is 0 Å². The molecule has 0 aliphatic carbocycles. The van der Waals surface area contributed by atoms with E-state index in [0.717, 1.165) is 28.0 Å². The van der Waals surface area contributed by atoms with Gasteiger partial charge in [0.2, 0.25) is 0 Å². The number of aliphatic hydroxyl groups is 1. The Morgan fingerprint density at radius 3 is 2.79 bits per heavy atom. The Balaban J connectivity index is 1.80. The third kappa shape index (κ3) is 4.01. The van der Waals surface area contributed by atoms with Crippen molar-refractivity contribution in [2.75, 3.05) is 18.1 Å². The Labute approximate surface area is 169 Å². The summed E-state index contributed by atoms with van der Waals surface area (Å²) in [6.45, 7) is -3.82. The molecular weight excluding hydrogens is 436 g/mol. The topological polar surface area (TPSA) is 167 Å². The summed E-state index contributed by atoms with van der Waals surface area (Å²) < 4.78 is 24.7. The molecule has 0 spiro atoms. The third-order valence-corrected chi connectivity index (χ3v) is 5.94. The lowest BCUT2D eigenvalue weighted by molar-refractivity contribution is -0.150. The molecule has 0 aromatic carbocycles. The summed E-state index contributed by atoms with van der Waals surface area (Å²) in [4.78, 5) is 45.0. The summed E-state index contributed by atoms with van der Waals surface area (Å²) in [5.74, 6) is -3.01. The number of nitrogens with two attached hydrogens (primary N) is 1. The summed E-state index contributed by atoms with van der Waals surface area (Å²) in [7, 11) is 0. The van der Waals surface area contributed by atoms with Gasteiger partial charge in [-0.3, -0.25) is 14.5 Å². The maximum absolute atomic E-state index is 12.5. The van der Waals surface area contributed by atoms with Gasteiger partial charge in [0.1, 0.15) is 22.8 Å². The summed E-state index contributed by atoms with van der Waals surface area (Å²) in [6.07, 6.45) is 0. The number of carboxylic acids is 1. The minimum Gasteiger partial charge on any atom is -0.477 e. The Hall–Kier alpha value is -2.78. The van der Waals surface area contributed by atoms with E-state index in [4.69, 9.17) is 5.73 Å². The van der Waals surface area contributed by atoms with Crippen LogP contribution in [0.25, 0.3) is 0 Å². The van der Waals surface area contributed by atoms with E-state index in [1.165, 1.54) is 5.38 Å². The van der Waals surface area contributed by atoms with Crippen LogP contribution in [0.5, 0.6) is 0 Å². The van der Waals surface area contributed by atoms with Crippen LogP contribution in [0.15, 0.2) is 21.8 Å². The van der Waals surface area contributed by atoms with Gasteiger partial charge in [-0.2, -0.15) is 8.78 Å². The molecule has 1 saturated heterocycles. The number of carbonyl (C=O) groups excluding carboxylic acids is 2. The normalized spacial score (nSPS) is 21.7. The molecule has 5 N–H and O–H groups in total. The van der Waals surface area contributed by atoms with Crippen LogP contribution in [0, 0.1) is 0 Å². The number of halogens is 2. The van der Waals surface area contributed by atoms with E-state index in [1.807, 2.05) is 0 Å². The van der Waals surface area contributed by atoms with Gasteiger partial charge in [-0.05, 0) is 5.57 Å². The van der Waals surface area contributed by atoms with Crippen LogP contribution in [-0.2, 0) is 19.2 Å². The number of carbonyl (C=O) groups is 3. The molecule has 3 rings (SSSR count). The number of nitrogens with one attached hydrogen (secondary N) is 1. The average molecular weight is 449 g/mol. The standard InChI is InChI=1S/C14H13F2N5O6S2/c15-13(16)27-20-6(5-3-29-14(17)18-5)9(23)19-7-10(24)21-8(12(25)26)4(1-22)2-28-11(7)21/h3,7,11,13,22H,1-2H2,(H2,17,18)(H,19,23)(H,25,26)/t7?,11-/m1/s1. The second kappa shape index (κ2) is 8.30. The number of hydrogen-bond acceptors (Lipinski definition) is 10. The molecule has 1 aromatic rings. The summed E-state index contributed by atoms with van der Waals surface area (Å²) >= 11 is 2.07. The molecule has 11 nitrogen and oxygen atoms in total. The van der Waals surface area contributed by atoms with Gasteiger partial charge < -0.3 is 26.1 Å². The predicted molar refractivity (Wildman–Crippen MR) is 96.9 cm³/mol. The number of oxime groups is 1. The van der Waals surface area contributed by atoms with Crippen molar-refractivity contribution in [3.63, 3.8) is 0 Å². The molecule has 2 aliphatic rings. The van der Waals surface area contributed by atoms with Gasteiger partial charge in [0.05, 0.1) is 6.61 Å². The zero-order valence-corrected chi connectivity index (χ0v) is 15.9. The first kappa shape index (κ1) is 20.9. The zero-order chi connectivity index (χ0) is 21.3. The number of thioether (sulfide) groups is 1. The molecule has 2 atom stereocenters. The molecule has 1 aromatic heterocycles. The van der Waals surface area contributed by atoms with Crippen LogP contribution >= 0.6 is 23.1 Å². The number of amides is 2. The van der Waals surface area contributed by atoms with E-state index in [2.05, 4.69) is 20.3 Å². The largest absolute Gasteiger partial charge is 0.477 e. The quantitative estimate of drug-likeness (QED) is 0.241. The number of aliphatic hydroxyl groups excluding tert-OH is 1. The number of rotatable bonds is 7. The van der Waals surface area contributed by atoms with Gasteiger partial charge in [0.25, 0.3) is 11.8 Å². The van der Waals surface area contributed by atoms with Gasteiger partial charge in [-0.15, -0.1) is 23.1 Å². The highest BCUT2D eigenvalue weighted by atomic mass is 32.2. The number of β-lactam (4-membered cyclic amide) rings is 1. The zero-order valence-electron chi connectivity index (χ0n) is 14.2. The van der Waals surface area contributed by atoms with E-state index in [9.17, 15) is 33.4 Å². The van der Waals surface area contributed by atoms with Crippen molar-refractivity contribution < 1.29 is 38.2 Å². The van der Waals surface area contributed by atoms with Crippen molar-refractivity contribution in [1.82, 2.24) is 15.2 Å². The molecule has 1 unspecified atom stereocenters. The van der Waals surface area contributed by atoms with Gasteiger partial charge in [0.15, 0.2) is 10.8 Å². The number of aromatic nitrogens is 1. The Morgan fingerprint density at radius 2 is 2.24 bits per heavy atom. The van der Waals surface area contributed by atoms with Crippen LogP contribution in [0.3, 0.4) is 0 Å². The predicted octanol–water partition coefficient (Wildman–Crippen LogP) is -0.600. The van der Waals surface area contributed by atoms with Crippen molar-refractivity contribution in [3.05, 3.63) is 22.3 Å². The Kier molecular flexibility index (Phi) is 5.99. The minimum atomic E-state index is -3.29. The highest BCUT2D eigenvalue weighted by Gasteiger charge is 2.54. The number of carboxylic acid groups (broad SMARTS) is 1. The highest BCUT2D eigenvalue weighted by Crippen LogP contribution is 2.40. The first-order valence-electron chi connectivity index (χ1n) is 7.79. The molecule has 1 fully saturated rings. The molecule has 2 amide bonds. The van der Waals surface area contributed by atoms with Crippen molar-refractivity contribution in [2.24, 2.45) is 5.16 Å². The van der Waals surface area contributed by atoms with Crippen LogP contribution in [0.4, 0.5) is 13.9 Å². The molecular formula is C14H13F2N5O6S2. The lowest BCUT2D eigenvalue weighted by Crippen LogP contribution is -2.71. The van der Waals surface area contributed by atoms with Crippen LogP contribution < -0.4 is 11.1 Å². The van der Waals surface area contributed by atoms with E-state index >= 15 is 0 Å². The fourth-order valence-corrected chi connectivity index (χ4v) is 4.59. The minimum absolute atomic E-state index is 0.0547. The first-order valence-corrected chi connectivity index (χ1v) is 9.72. The molecule has 2 aliphatic heterocycles. The fraction of sp³-hybridized carbons (Fsp3) is 0.357. The number of aliphatic carboxylic acids is 1. The Morgan fingerprint density at radius 1 is 1.52 bits per heavy atom. The second-order valence-electron chi connectivity index (χ2n) is 5.65. The summed E-state index contributed by atoms with van der Waals surface area (Å²) in [5.41, 5.74) is 4.57. The van der Waals surface area contributed by atoms with E-state index in [0.29, 0.717) is 0 Å². The average Bonchev–Trinajstić information content (AvgIpc) is 3.10. The number of nitrogen functional groups attached to an aromatic ring is 1. The second-order valence-corrected chi connectivity index (χ2v) is 7.65. The number of hydrogen-bond donors (Lipinski definition) is 4. The summed E-state index contributed by atoms with van der Waals surface area (Å²) in [6, 6.07) is -1.13. The first-order chi connectivity index (χ1) is 13.7. The van der Waals surface area contributed by atoms with Crippen molar-refractivity contribution in [1.29, 1.82) is 0 Å². The number of alkyl halides is 2. The van der Waals surface area contributed by atoms with E-state index in [-0.39, 0.29) is 27.8 Å². The third-order valence-electron chi connectivity index (χ3n) is 3.93. The van der Waals surface area contributed by atoms with Crippen molar-refractivity contribution in [2.45, 2.75) is 18.0 Å². The highest BCUT2D eigenvalue weighted by molar-refractivity contribution is 8.00. The number of nitrogens with zero attached hydrogens (tertiary/aromatic N) is 3. The summed E-state index contributed by atoms with van der Waals surface area (Å²) in [5, 5.41) is 24.6. The van der Waals surface area contributed by atoms with Gasteiger partial charge in [-0.25, -0.2) is 9.78 Å². The van der Waals surface area contributed by atoms with Gasteiger partial charge in [0, 0.05) is 11.1 Å². The lowest BCUT2D eigenvalue weighted by Gasteiger charge is -2.49. The molecule has 0 bridgehead atoms. The smallest absolute Gasteiger partial charge is 0.407 e. The van der Waals surface area contributed by atoms with Crippen LogP contribution in [-0.4, -0.2) is 74.0 Å². The van der Waals surface area contributed by atoms with Crippen LogP contribution in [0.2, 0.25) is 0 Å².